The van der Waals surface area contributed by atoms with Crippen LogP contribution >= 0.6 is 0 Å². The minimum atomic E-state index is -0.158. The lowest BCUT2D eigenvalue weighted by molar-refractivity contribution is 0.436. The highest BCUT2D eigenvalue weighted by Crippen LogP contribution is 2.22. The Bertz CT molecular complexity index is 765. The van der Waals surface area contributed by atoms with Gasteiger partial charge in [-0.2, -0.15) is 0 Å². The van der Waals surface area contributed by atoms with Gasteiger partial charge >= 0.3 is 5.69 Å². The quantitative estimate of drug-likeness (QED) is 0.730. The van der Waals surface area contributed by atoms with E-state index in [2.05, 4.69) is 10.1 Å². The largest absolute Gasteiger partial charge is 0.381 e. The average Bonchev–Trinajstić information content (AvgIpc) is 2.97. The molecule has 0 aliphatic heterocycles. The smallest absolute Gasteiger partial charge is 0.330 e. The number of anilines is 1. The number of benzene rings is 1. The molecular weight excluding hydrogens is 244 g/mol. The Morgan fingerprint density at radius 1 is 1.32 bits per heavy atom. The van der Waals surface area contributed by atoms with Gasteiger partial charge in [0.2, 0.25) is 0 Å². The topological polar surface area (TPSA) is 89.8 Å². The van der Waals surface area contributed by atoms with Crippen molar-refractivity contribution in [2.45, 2.75) is 6.92 Å². The van der Waals surface area contributed by atoms with Gasteiger partial charge in [-0.15, -0.1) is 0 Å². The number of rotatable bonds is 2. The van der Waals surface area contributed by atoms with Crippen LogP contribution in [-0.4, -0.2) is 14.7 Å². The van der Waals surface area contributed by atoms with Gasteiger partial charge in [-0.05, 0) is 31.2 Å². The molecular formula is C13H12N4O2. The molecule has 3 rings (SSSR count). The fourth-order valence-corrected chi connectivity index (χ4v) is 1.98. The number of nitrogens with zero attached hydrogens (tertiary/aromatic N) is 2. The molecule has 0 saturated carbocycles. The zero-order valence-electron chi connectivity index (χ0n) is 10.3. The van der Waals surface area contributed by atoms with Gasteiger partial charge in [-0.1, -0.05) is 5.16 Å². The van der Waals surface area contributed by atoms with E-state index < -0.39 is 0 Å². The van der Waals surface area contributed by atoms with Crippen LogP contribution in [0.25, 0.3) is 17.0 Å². The van der Waals surface area contributed by atoms with Gasteiger partial charge in [0.25, 0.3) is 0 Å². The molecule has 3 N–H and O–H groups in total. The van der Waals surface area contributed by atoms with E-state index in [4.69, 9.17) is 10.3 Å². The second kappa shape index (κ2) is 4.16. The van der Waals surface area contributed by atoms with E-state index in [1.54, 1.807) is 16.8 Å². The van der Waals surface area contributed by atoms with Crippen LogP contribution in [0.2, 0.25) is 0 Å². The van der Waals surface area contributed by atoms with Crippen molar-refractivity contribution in [2.24, 2.45) is 0 Å². The SMILES string of the molecule is Cc1c[nH]c(=O)n1-c1ccc(-c2cc(N)no2)cc1. The first kappa shape index (κ1) is 11.3. The Labute approximate surface area is 108 Å². The molecule has 0 radical (unpaired) electrons. The third-order valence-electron chi connectivity index (χ3n) is 2.90. The van der Waals surface area contributed by atoms with Gasteiger partial charge in [0.05, 0.1) is 5.69 Å². The number of hydrogen-bond donors (Lipinski definition) is 2. The summed E-state index contributed by atoms with van der Waals surface area (Å²) in [5.74, 6) is 0.943. The molecule has 0 atom stereocenters. The molecule has 0 unspecified atom stereocenters. The van der Waals surface area contributed by atoms with Crippen molar-refractivity contribution < 1.29 is 4.52 Å². The summed E-state index contributed by atoms with van der Waals surface area (Å²) in [4.78, 5) is 14.3. The van der Waals surface area contributed by atoms with E-state index in [1.807, 2.05) is 31.2 Å². The molecule has 0 saturated heterocycles. The highest BCUT2D eigenvalue weighted by molar-refractivity contribution is 5.61. The number of nitrogens with one attached hydrogen (secondary N) is 1. The minimum absolute atomic E-state index is 0.158. The highest BCUT2D eigenvalue weighted by Gasteiger charge is 2.07. The van der Waals surface area contributed by atoms with E-state index in [0.29, 0.717) is 11.6 Å². The second-order valence-electron chi connectivity index (χ2n) is 4.23. The van der Waals surface area contributed by atoms with Gasteiger partial charge in [0.15, 0.2) is 11.6 Å². The fourth-order valence-electron chi connectivity index (χ4n) is 1.98. The monoisotopic (exact) mass is 256 g/mol. The predicted octanol–water partition coefficient (Wildman–Crippen LogP) is 1.71. The van der Waals surface area contributed by atoms with E-state index in [-0.39, 0.29) is 5.69 Å². The van der Waals surface area contributed by atoms with Crippen molar-refractivity contribution in [3.63, 3.8) is 0 Å². The van der Waals surface area contributed by atoms with Crippen LogP contribution in [0.4, 0.5) is 5.82 Å². The van der Waals surface area contributed by atoms with Gasteiger partial charge in [0.1, 0.15) is 0 Å². The number of aromatic nitrogens is 3. The molecule has 0 amide bonds. The number of aryl methyl sites for hydroxylation is 1. The van der Waals surface area contributed by atoms with Crippen LogP contribution in [0.3, 0.4) is 0 Å². The number of aromatic amines is 1. The maximum atomic E-state index is 11.7. The standard InChI is InChI=1S/C13H12N4O2/c1-8-7-15-13(18)17(8)10-4-2-9(3-5-10)11-6-12(14)16-19-11/h2-7H,1H3,(H2,14,16)(H,15,18). The highest BCUT2D eigenvalue weighted by atomic mass is 16.5. The maximum absolute atomic E-state index is 11.7. The predicted molar refractivity (Wildman–Crippen MR) is 71.0 cm³/mol. The molecule has 1 aromatic carbocycles. The third-order valence-corrected chi connectivity index (χ3v) is 2.90. The molecule has 0 spiro atoms. The average molecular weight is 256 g/mol. The Hall–Kier alpha value is -2.76. The zero-order chi connectivity index (χ0) is 13.4. The van der Waals surface area contributed by atoms with E-state index in [9.17, 15) is 4.79 Å². The summed E-state index contributed by atoms with van der Waals surface area (Å²) in [6.07, 6.45) is 1.67. The van der Waals surface area contributed by atoms with Crippen LogP contribution < -0.4 is 11.4 Å². The Balaban J connectivity index is 2.02. The number of nitrogen functional groups attached to an aromatic ring is 1. The maximum Gasteiger partial charge on any atom is 0.330 e. The first-order valence-electron chi connectivity index (χ1n) is 5.75. The molecule has 0 aliphatic rings. The molecule has 0 aliphatic carbocycles. The van der Waals surface area contributed by atoms with Crippen molar-refractivity contribution in [1.29, 1.82) is 0 Å². The van der Waals surface area contributed by atoms with Crippen molar-refractivity contribution in [3.8, 4) is 17.0 Å². The lowest BCUT2D eigenvalue weighted by atomic mass is 10.1. The number of hydrogen-bond acceptors (Lipinski definition) is 4. The van der Waals surface area contributed by atoms with Gasteiger partial charge in [-0.3, -0.25) is 4.57 Å². The summed E-state index contributed by atoms with van der Waals surface area (Å²) >= 11 is 0. The molecule has 2 heterocycles. The summed E-state index contributed by atoms with van der Waals surface area (Å²) < 4.78 is 6.67. The Morgan fingerprint density at radius 2 is 2.05 bits per heavy atom. The number of nitrogens with two attached hydrogens (primary N) is 1. The summed E-state index contributed by atoms with van der Waals surface area (Å²) in [7, 11) is 0. The van der Waals surface area contributed by atoms with Crippen molar-refractivity contribution in [3.05, 3.63) is 52.7 Å². The molecule has 0 fully saturated rings. The van der Waals surface area contributed by atoms with Gasteiger partial charge in [-0.25, -0.2) is 4.79 Å². The summed E-state index contributed by atoms with van der Waals surface area (Å²) in [6, 6.07) is 9.05. The van der Waals surface area contributed by atoms with Gasteiger partial charge < -0.3 is 15.2 Å². The minimum Gasteiger partial charge on any atom is -0.381 e. The first-order valence-corrected chi connectivity index (χ1v) is 5.75. The van der Waals surface area contributed by atoms with Crippen molar-refractivity contribution in [1.82, 2.24) is 14.7 Å². The van der Waals surface area contributed by atoms with E-state index >= 15 is 0 Å². The van der Waals surface area contributed by atoms with Gasteiger partial charge in [0, 0.05) is 23.5 Å². The van der Waals surface area contributed by atoms with Crippen molar-refractivity contribution in [2.75, 3.05) is 5.73 Å². The number of H-pyrrole nitrogens is 1. The lowest BCUT2D eigenvalue weighted by Crippen LogP contribution is -2.15. The molecule has 0 bridgehead atoms. The molecule has 2 aromatic heterocycles. The normalized spacial score (nSPS) is 10.8. The first-order chi connectivity index (χ1) is 9.15. The molecule has 6 nitrogen and oxygen atoms in total. The van der Waals surface area contributed by atoms with E-state index in [0.717, 1.165) is 16.9 Å². The van der Waals surface area contributed by atoms with Crippen molar-refractivity contribution >= 4 is 5.82 Å². The summed E-state index contributed by atoms with van der Waals surface area (Å²) in [5, 5.41) is 3.64. The number of imidazole rings is 1. The Kier molecular flexibility index (Phi) is 2.49. The Morgan fingerprint density at radius 3 is 2.58 bits per heavy atom. The van der Waals surface area contributed by atoms with E-state index in [1.165, 1.54) is 0 Å². The molecule has 6 heteroatoms. The molecule has 3 aromatic rings. The molecule has 19 heavy (non-hydrogen) atoms. The van der Waals surface area contributed by atoms with Crippen LogP contribution in [0, 0.1) is 6.92 Å². The summed E-state index contributed by atoms with van der Waals surface area (Å²) in [6.45, 7) is 1.86. The summed E-state index contributed by atoms with van der Waals surface area (Å²) in [5.41, 5.74) is 7.85. The fraction of sp³-hybridized carbons (Fsp3) is 0.0769. The lowest BCUT2D eigenvalue weighted by Gasteiger charge is -2.04. The second-order valence-corrected chi connectivity index (χ2v) is 4.23. The zero-order valence-corrected chi connectivity index (χ0v) is 10.3. The van der Waals surface area contributed by atoms with Crippen LogP contribution in [0.1, 0.15) is 5.69 Å². The van der Waals surface area contributed by atoms with Crippen LogP contribution in [0.15, 0.2) is 45.8 Å². The molecule has 96 valence electrons. The van der Waals surface area contributed by atoms with Crippen LogP contribution in [-0.2, 0) is 0 Å². The van der Waals surface area contributed by atoms with Crippen LogP contribution in [0.5, 0.6) is 0 Å². The third kappa shape index (κ3) is 1.93.